The number of carbonyl (C=O) groups excluding carboxylic acids is 1. The Labute approximate surface area is 140 Å². The van der Waals surface area contributed by atoms with Gasteiger partial charge in [-0.3, -0.25) is 4.79 Å². The molecule has 0 saturated carbocycles. The fourth-order valence-electron chi connectivity index (χ4n) is 2.20. The SMILES string of the molecule is CC[C@@H](C)c1ccccc1NC(=O)CNc1ccc(Br)cc1. The maximum atomic E-state index is 12.1. The van der Waals surface area contributed by atoms with Gasteiger partial charge in [-0.25, -0.2) is 0 Å². The van der Waals surface area contributed by atoms with Gasteiger partial charge in [0.2, 0.25) is 5.91 Å². The van der Waals surface area contributed by atoms with E-state index >= 15 is 0 Å². The van der Waals surface area contributed by atoms with Crippen LogP contribution in [-0.2, 0) is 4.79 Å². The molecule has 0 radical (unpaired) electrons. The highest BCUT2D eigenvalue weighted by Crippen LogP contribution is 2.26. The molecule has 0 unspecified atom stereocenters. The zero-order valence-electron chi connectivity index (χ0n) is 12.9. The van der Waals surface area contributed by atoms with Crippen molar-refractivity contribution >= 4 is 33.2 Å². The number of hydrogen-bond acceptors (Lipinski definition) is 2. The molecule has 2 rings (SSSR count). The molecule has 2 N–H and O–H groups in total. The Morgan fingerprint density at radius 2 is 1.82 bits per heavy atom. The van der Waals surface area contributed by atoms with Crippen LogP contribution in [0.3, 0.4) is 0 Å². The van der Waals surface area contributed by atoms with Crippen LogP contribution in [-0.4, -0.2) is 12.5 Å². The maximum absolute atomic E-state index is 12.1. The molecule has 0 aliphatic heterocycles. The minimum absolute atomic E-state index is 0.0429. The number of benzene rings is 2. The molecule has 3 nitrogen and oxygen atoms in total. The normalized spacial score (nSPS) is 11.8. The molecule has 0 saturated heterocycles. The van der Waals surface area contributed by atoms with Crippen LogP contribution >= 0.6 is 15.9 Å². The van der Waals surface area contributed by atoms with Crippen molar-refractivity contribution in [3.05, 3.63) is 58.6 Å². The highest BCUT2D eigenvalue weighted by molar-refractivity contribution is 9.10. The van der Waals surface area contributed by atoms with Crippen molar-refractivity contribution in [2.45, 2.75) is 26.2 Å². The molecule has 1 amide bonds. The Kier molecular flexibility index (Phi) is 6.01. The monoisotopic (exact) mass is 360 g/mol. The summed E-state index contributed by atoms with van der Waals surface area (Å²) in [5.41, 5.74) is 3.01. The Balaban J connectivity index is 1.96. The summed E-state index contributed by atoms with van der Waals surface area (Å²) in [4.78, 5) is 12.1. The maximum Gasteiger partial charge on any atom is 0.243 e. The van der Waals surface area contributed by atoms with Crippen LogP contribution in [0.2, 0.25) is 0 Å². The van der Waals surface area contributed by atoms with E-state index in [1.807, 2.05) is 42.5 Å². The highest BCUT2D eigenvalue weighted by Gasteiger charge is 2.10. The van der Waals surface area contributed by atoms with Crippen molar-refractivity contribution in [2.75, 3.05) is 17.2 Å². The molecule has 1 atom stereocenters. The lowest BCUT2D eigenvalue weighted by Gasteiger charge is -2.16. The predicted octanol–water partition coefficient (Wildman–Crippen LogP) is 5.01. The standard InChI is InChI=1S/C18H21BrN2O/c1-3-13(2)16-6-4-5-7-17(16)21-18(22)12-20-15-10-8-14(19)9-11-15/h4-11,13,20H,3,12H2,1-2H3,(H,21,22)/t13-/m1/s1. The second-order valence-corrected chi connectivity index (χ2v) is 6.22. The molecule has 0 heterocycles. The predicted molar refractivity (Wildman–Crippen MR) is 96.4 cm³/mol. The van der Waals surface area contributed by atoms with Crippen LogP contribution in [0.4, 0.5) is 11.4 Å². The van der Waals surface area contributed by atoms with E-state index in [-0.39, 0.29) is 12.5 Å². The van der Waals surface area contributed by atoms with Crippen molar-refractivity contribution in [1.29, 1.82) is 0 Å². The number of anilines is 2. The van der Waals surface area contributed by atoms with Gasteiger partial charge in [0.05, 0.1) is 6.54 Å². The van der Waals surface area contributed by atoms with Crippen molar-refractivity contribution in [1.82, 2.24) is 0 Å². The molecule has 0 aromatic heterocycles. The van der Waals surface area contributed by atoms with E-state index < -0.39 is 0 Å². The molecule has 4 heteroatoms. The number of amides is 1. The third-order valence-electron chi connectivity index (χ3n) is 3.68. The quantitative estimate of drug-likeness (QED) is 0.759. The van der Waals surface area contributed by atoms with Gasteiger partial charge in [0.1, 0.15) is 0 Å². The van der Waals surface area contributed by atoms with Gasteiger partial charge in [0.15, 0.2) is 0 Å². The first-order chi connectivity index (χ1) is 10.6. The fourth-order valence-corrected chi connectivity index (χ4v) is 2.47. The lowest BCUT2D eigenvalue weighted by Crippen LogP contribution is -2.22. The van der Waals surface area contributed by atoms with Crippen molar-refractivity contribution in [3.63, 3.8) is 0 Å². The molecule has 116 valence electrons. The number of nitrogens with one attached hydrogen (secondary N) is 2. The summed E-state index contributed by atoms with van der Waals surface area (Å²) in [7, 11) is 0. The lowest BCUT2D eigenvalue weighted by atomic mass is 9.97. The van der Waals surface area contributed by atoms with E-state index in [2.05, 4.69) is 46.5 Å². The molecule has 0 spiro atoms. The third-order valence-corrected chi connectivity index (χ3v) is 4.20. The summed E-state index contributed by atoms with van der Waals surface area (Å²) in [6.07, 6.45) is 1.05. The van der Waals surface area contributed by atoms with E-state index in [1.165, 1.54) is 5.56 Å². The smallest absolute Gasteiger partial charge is 0.243 e. The zero-order valence-corrected chi connectivity index (χ0v) is 14.5. The van der Waals surface area contributed by atoms with Gasteiger partial charge in [-0.15, -0.1) is 0 Å². The molecular formula is C18H21BrN2O. The average molecular weight is 361 g/mol. The minimum Gasteiger partial charge on any atom is -0.376 e. The summed E-state index contributed by atoms with van der Waals surface area (Å²) in [6.45, 7) is 4.57. The molecule has 0 aliphatic carbocycles. The molecular weight excluding hydrogens is 340 g/mol. The first kappa shape index (κ1) is 16.6. The number of rotatable bonds is 6. The highest BCUT2D eigenvalue weighted by atomic mass is 79.9. The van der Waals surface area contributed by atoms with Crippen molar-refractivity contribution in [3.8, 4) is 0 Å². The van der Waals surface area contributed by atoms with Gasteiger partial charge in [0, 0.05) is 15.8 Å². The Morgan fingerprint density at radius 1 is 1.14 bits per heavy atom. The number of carbonyl (C=O) groups is 1. The Hall–Kier alpha value is -1.81. The number of para-hydroxylation sites is 1. The summed E-state index contributed by atoms with van der Waals surface area (Å²) >= 11 is 3.39. The van der Waals surface area contributed by atoms with E-state index in [0.29, 0.717) is 5.92 Å². The first-order valence-corrected chi connectivity index (χ1v) is 8.27. The van der Waals surface area contributed by atoms with Crippen LogP contribution in [0.15, 0.2) is 53.0 Å². The van der Waals surface area contributed by atoms with Crippen LogP contribution in [0.1, 0.15) is 31.7 Å². The second-order valence-electron chi connectivity index (χ2n) is 5.31. The van der Waals surface area contributed by atoms with Gasteiger partial charge < -0.3 is 10.6 Å². The van der Waals surface area contributed by atoms with Gasteiger partial charge in [-0.05, 0) is 48.2 Å². The summed E-state index contributed by atoms with van der Waals surface area (Å²) in [6, 6.07) is 15.7. The Bertz CT molecular complexity index is 625. The second kappa shape index (κ2) is 7.99. The topological polar surface area (TPSA) is 41.1 Å². The van der Waals surface area contributed by atoms with Crippen LogP contribution in [0, 0.1) is 0 Å². The third kappa shape index (κ3) is 4.60. The van der Waals surface area contributed by atoms with Crippen LogP contribution in [0.25, 0.3) is 0 Å². The average Bonchev–Trinajstić information content (AvgIpc) is 2.54. The van der Waals surface area contributed by atoms with Gasteiger partial charge in [-0.2, -0.15) is 0 Å². The minimum atomic E-state index is -0.0429. The van der Waals surface area contributed by atoms with Crippen LogP contribution in [0.5, 0.6) is 0 Å². The molecule has 2 aromatic carbocycles. The van der Waals surface area contributed by atoms with E-state index in [4.69, 9.17) is 0 Å². The summed E-state index contributed by atoms with van der Waals surface area (Å²) < 4.78 is 1.02. The van der Waals surface area contributed by atoms with Crippen LogP contribution < -0.4 is 10.6 Å². The number of hydrogen-bond donors (Lipinski definition) is 2. The fraction of sp³-hybridized carbons (Fsp3) is 0.278. The first-order valence-electron chi connectivity index (χ1n) is 7.48. The number of halogens is 1. The Morgan fingerprint density at radius 3 is 2.50 bits per heavy atom. The van der Waals surface area contributed by atoms with Gasteiger partial charge in [-0.1, -0.05) is 48.0 Å². The van der Waals surface area contributed by atoms with Gasteiger partial charge >= 0.3 is 0 Å². The summed E-state index contributed by atoms with van der Waals surface area (Å²) in [5, 5.41) is 6.12. The largest absolute Gasteiger partial charge is 0.376 e. The van der Waals surface area contributed by atoms with E-state index in [0.717, 1.165) is 22.3 Å². The molecule has 0 fully saturated rings. The zero-order chi connectivity index (χ0) is 15.9. The molecule has 0 bridgehead atoms. The lowest BCUT2D eigenvalue weighted by molar-refractivity contribution is -0.114. The van der Waals surface area contributed by atoms with Crippen molar-refractivity contribution < 1.29 is 4.79 Å². The summed E-state index contributed by atoms with van der Waals surface area (Å²) in [5.74, 6) is 0.384. The van der Waals surface area contributed by atoms with E-state index in [9.17, 15) is 4.79 Å². The van der Waals surface area contributed by atoms with Crippen molar-refractivity contribution in [2.24, 2.45) is 0 Å². The molecule has 22 heavy (non-hydrogen) atoms. The van der Waals surface area contributed by atoms with Gasteiger partial charge in [0.25, 0.3) is 0 Å². The molecule has 2 aromatic rings. The van der Waals surface area contributed by atoms with E-state index in [1.54, 1.807) is 0 Å². The molecule has 0 aliphatic rings.